The largest absolute Gasteiger partial charge is 0.462 e. The van der Waals surface area contributed by atoms with Crippen LogP contribution in [-0.2, 0) is 4.74 Å². The Hall–Kier alpha value is -3.11. The molecule has 0 aromatic carbocycles. The summed E-state index contributed by atoms with van der Waals surface area (Å²) in [5.74, 6) is -0.558. The summed E-state index contributed by atoms with van der Waals surface area (Å²) in [4.78, 5) is 27.5. The number of esters is 1. The number of aromatic nitrogens is 1. The Kier molecular flexibility index (Phi) is 5.05. The Morgan fingerprint density at radius 3 is 2.73 bits per heavy atom. The second kappa shape index (κ2) is 7.42. The van der Waals surface area contributed by atoms with Gasteiger partial charge in [-0.1, -0.05) is 6.07 Å². The van der Waals surface area contributed by atoms with E-state index in [-0.39, 0.29) is 17.7 Å². The van der Waals surface area contributed by atoms with Crippen molar-refractivity contribution in [2.75, 3.05) is 18.1 Å². The number of thiophene rings is 1. The predicted octanol–water partition coefficient (Wildman–Crippen LogP) is 3.57. The second-order valence-electron chi connectivity index (χ2n) is 5.39. The second-order valence-corrected chi connectivity index (χ2v) is 6.31. The minimum atomic E-state index is -0.558. The maximum atomic E-state index is 12.9. The Morgan fingerprint density at radius 2 is 2.12 bits per heavy atom. The lowest BCUT2D eigenvalue weighted by Gasteiger charge is -2.25. The van der Waals surface area contributed by atoms with Crippen LogP contribution in [0.5, 0.6) is 0 Å². The van der Waals surface area contributed by atoms with Crippen molar-refractivity contribution in [3.05, 3.63) is 63.4 Å². The maximum absolute atomic E-state index is 12.9. The summed E-state index contributed by atoms with van der Waals surface area (Å²) in [6.45, 7) is 4.31. The van der Waals surface area contributed by atoms with Crippen molar-refractivity contribution in [1.82, 2.24) is 4.40 Å². The van der Waals surface area contributed by atoms with Crippen LogP contribution in [0.25, 0.3) is 5.52 Å². The van der Waals surface area contributed by atoms with Gasteiger partial charge in [0.05, 0.1) is 22.8 Å². The molecule has 0 bridgehead atoms. The topological polar surface area (TPSA) is 74.8 Å². The molecule has 6 nitrogen and oxygen atoms in total. The molecule has 0 fully saturated rings. The molecule has 0 saturated carbocycles. The number of anilines is 2. The Bertz CT molecular complexity index is 1050. The minimum absolute atomic E-state index is 0.0768. The van der Waals surface area contributed by atoms with E-state index in [1.54, 1.807) is 31.3 Å². The van der Waals surface area contributed by atoms with E-state index in [1.807, 2.05) is 35.4 Å². The zero-order valence-electron chi connectivity index (χ0n) is 14.4. The van der Waals surface area contributed by atoms with Gasteiger partial charge in [-0.3, -0.25) is 9.20 Å². The van der Waals surface area contributed by atoms with Gasteiger partial charge in [-0.05, 0) is 43.5 Å². The van der Waals surface area contributed by atoms with Crippen molar-refractivity contribution in [3.63, 3.8) is 0 Å². The highest BCUT2D eigenvalue weighted by molar-refractivity contribution is 7.14. The molecule has 3 heterocycles. The first-order chi connectivity index (χ1) is 12.6. The first-order valence-electron chi connectivity index (χ1n) is 8.19. The lowest BCUT2D eigenvalue weighted by Crippen LogP contribution is -2.28. The van der Waals surface area contributed by atoms with Crippen molar-refractivity contribution >= 4 is 33.5 Å². The van der Waals surface area contributed by atoms with E-state index in [2.05, 4.69) is 0 Å². The normalized spacial score (nSPS) is 10.5. The monoisotopic (exact) mass is 367 g/mol. The molecule has 0 radical (unpaired) electrons. The standard InChI is InChI=1S/C19H17N3O3S/c1-3-21(15-9-7-11-26-15)17-13(12-20)18(23)22-10-6-5-8-14(22)16(17)19(24)25-4-2/h5-11H,3-4H2,1-2H3. The number of ether oxygens (including phenoxy) is 1. The summed E-state index contributed by atoms with van der Waals surface area (Å²) in [6, 6.07) is 10.9. The predicted molar refractivity (Wildman–Crippen MR) is 101 cm³/mol. The summed E-state index contributed by atoms with van der Waals surface area (Å²) in [5, 5.41) is 12.4. The van der Waals surface area contributed by atoms with Crippen LogP contribution < -0.4 is 10.5 Å². The third-order valence-electron chi connectivity index (χ3n) is 3.97. The Morgan fingerprint density at radius 1 is 1.31 bits per heavy atom. The summed E-state index contributed by atoms with van der Waals surface area (Å²) in [7, 11) is 0. The van der Waals surface area contributed by atoms with Crippen molar-refractivity contribution in [3.8, 4) is 6.07 Å². The van der Waals surface area contributed by atoms with Crippen LogP contribution in [-0.4, -0.2) is 23.5 Å². The van der Waals surface area contributed by atoms with E-state index >= 15 is 0 Å². The molecule has 0 amide bonds. The van der Waals surface area contributed by atoms with Gasteiger partial charge in [-0.25, -0.2) is 4.79 Å². The molecule has 0 aliphatic heterocycles. The average molecular weight is 367 g/mol. The maximum Gasteiger partial charge on any atom is 0.342 e. The fourth-order valence-electron chi connectivity index (χ4n) is 2.91. The van der Waals surface area contributed by atoms with Crippen LogP contribution >= 0.6 is 11.3 Å². The van der Waals surface area contributed by atoms with E-state index in [0.29, 0.717) is 17.7 Å². The molecule has 132 valence electrons. The zero-order valence-corrected chi connectivity index (χ0v) is 15.2. The third kappa shape index (κ3) is 2.85. The quantitative estimate of drug-likeness (QED) is 0.645. The van der Waals surface area contributed by atoms with Gasteiger partial charge in [-0.15, -0.1) is 11.3 Å². The van der Waals surface area contributed by atoms with Gasteiger partial charge >= 0.3 is 5.97 Å². The van der Waals surface area contributed by atoms with E-state index < -0.39 is 11.5 Å². The highest BCUT2D eigenvalue weighted by Gasteiger charge is 2.28. The summed E-state index contributed by atoms with van der Waals surface area (Å²) >= 11 is 1.47. The number of carbonyl (C=O) groups is 1. The molecule has 3 aromatic heterocycles. The number of fused-ring (bicyclic) bond motifs is 1. The average Bonchev–Trinajstić information content (AvgIpc) is 3.17. The molecular formula is C19H17N3O3S. The molecule has 3 aromatic rings. The van der Waals surface area contributed by atoms with E-state index in [4.69, 9.17) is 4.74 Å². The van der Waals surface area contributed by atoms with Gasteiger partial charge in [-0.2, -0.15) is 5.26 Å². The van der Waals surface area contributed by atoms with Gasteiger partial charge in [0.25, 0.3) is 5.56 Å². The number of pyridine rings is 2. The molecule has 3 rings (SSSR count). The molecule has 0 N–H and O–H groups in total. The molecule has 7 heteroatoms. The SMILES string of the molecule is CCOC(=O)c1c(N(CC)c2cccs2)c(C#N)c(=O)n2ccccc12. The highest BCUT2D eigenvalue weighted by atomic mass is 32.1. The van der Waals surface area contributed by atoms with Crippen LogP contribution in [0.3, 0.4) is 0 Å². The molecule has 0 unspecified atom stereocenters. The van der Waals surface area contributed by atoms with Gasteiger partial charge in [0.2, 0.25) is 0 Å². The number of rotatable bonds is 5. The van der Waals surface area contributed by atoms with Crippen LogP contribution in [0.4, 0.5) is 10.7 Å². The summed E-state index contributed by atoms with van der Waals surface area (Å²) < 4.78 is 6.56. The van der Waals surface area contributed by atoms with E-state index in [0.717, 1.165) is 5.00 Å². The first-order valence-corrected chi connectivity index (χ1v) is 9.07. The zero-order chi connectivity index (χ0) is 18.7. The number of carbonyl (C=O) groups excluding carboxylic acids is 1. The van der Waals surface area contributed by atoms with Crippen LogP contribution in [0.15, 0.2) is 46.7 Å². The molecule has 0 aliphatic carbocycles. The van der Waals surface area contributed by atoms with Gasteiger partial charge in [0.1, 0.15) is 17.2 Å². The molecule has 0 spiro atoms. The number of hydrogen-bond acceptors (Lipinski definition) is 6. The van der Waals surface area contributed by atoms with Gasteiger partial charge < -0.3 is 9.64 Å². The van der Waals surface area contributed by atoms with Crippen LogP contribution in [0, 0.1) is 11.3 Å². The van der Waals surface area contributed by atoms with Crippen LogP contribution in [0.1, 0.15) is 29.8 Å². The lowest BCUT2D eigenvalue weighted by atomic mass is 10.1. The Labute approximate surface area is 154 Å². The molecule has 0 saturated heterocycles. The van der Waals surface area contributed by atoms with Crippen LogP contribution in [0.2, 0.25) is 0 Å². The van der Waals surface area contributed by atoms with E-state index in [9.17, 15) is 14.9 Å². The fraction of sp³-hybridized carbons (Fsp3) is 0.211. The highest BCUT2D eigenvalue weighted by Crippen LogP contribution is 2.35. The Balaban J connectivity index is 2.46. The minimum Gasteiger partial charge on any atom is -0.462 e. The number of nitrogens with zero attached hydrogens (tertiary/aromatic N) is 3. The third-order valence-corrected chi connectivity index (χ3v) is 4.86. The van der Waals surface area contributed by atoms with E-state index in [1.165, 1.54) is 15.7 Å². The molecule has 0 aliphatic rings. The first kappa shape index (κ1) is 17.7. The van der Waals surface area contributed by atoms with Gasteiger partial charge in [0.15, 0.2) is 0 Å². The van der Waals surface area contributed by atoms with Crippen molar-refractivity contribution < 1.29 is 9.53 Å². The van der Waals surface area contributed by atoms with Crippen molar-refractivity contribution in [1.29, 1.82) is 5.26 Å². The number of nitriles is 1. The smallest absolute Gasteiger partial charge is 0.342 e. The molecular weight excluding hydrogens is 350 g/mol. The lowest BCUT2D eigenvalue weighted by molar-refractivity contribution is 0.0529. The number of hydrogen-bond donors (Lipinski definition) is 0. The summed E-state index contributed by atoms with van der Waals surface area (Å²) in [5.41, 5.74) is 0.402. The van der Waals surface area contributed by atoms with Crippen molar-refractivity contribution in [2.24, 2.45) is 0 Å². The van der Waals surface area contributed by atoms with Gasteiger partial charge in [0, 0.05) is 12.7 Å². The van der Waals surface area contributed by atoms with Crippen molar-refractivity contribution in [2.45, 2.75) is 13.8 Å². The summed E-state index contributed by atoms with van der Waals surface area (Å²) in [6.07, 6.45) is 1.55. The molecule has 0 atom stereocenters. The fourth-order valence-corrected chi connectivity index (χ4v) is 3.72. The molecule has 26 heavy (non-hydrogen) atoms.